The molecule has 1 unspecified atom stereocenters. The summed E-state index contributed by atoms with van der Waals surface area (Å²) in [6.45, 7) is -0.155. The number of carbonyl (C=O) groups is 1. The van der Waals surface area contributed by atoms with Gasteiger partial charge >= 0.3 is 6.09 Å². The number of H-pyrrole nitrogens is 1. The maximum absolute atomic E-state index is 13.4. The molecule has 0 radical (unpaired) electrons. The molecule has 1 aromatic heterocycles. The predicted octanol–water partition coefficient (Wildman–Crippen LogP) is 5.60. The molecule has 188 valence electrons. The second kappa shape index (κ2) is 10.4. The molecule has 0 fully saturated rings. The Labute approximate surface area is 219 Å². The average Bonchev–Trinajstić information content (AvgIpc) is 3.26. The number of aromatic nitrogens is 1. The molecular formula is C27H26Cl2N2O5. The van der Waals surface area contributed by atoms with E-state index in [9.17, 15) is 15.0 Å². The van der Waals surface area contributed by atoms with Crippen LogP contribution in [0.25, 0.3) is 10.9 Å². The molecule has 7 nitrogen and oxygen atoms in total. The molecule has 3 aromatic carbocycles. The molecule has 1 atom stereocenters. The average molecular weight is 529 g/mol. The Morgan fingerprint density at radius 3 is 2.36 bits per heavy atom. The van der Waals surface area contributed by atoms with Gasteiger partial charge < -0.3 is 24.7 Å². The standard InChI is InChI=1S/C27H24Cl2N2O5.H2/c28-17-3-8-20(9-4-17)36-27(34)31-12-11-22-23-13-18(29)5-10-24(23)30-25(22)26(31)16-1-6-19(7-2-16)35-21(14-32)15-33;/h1-10,13,21,26,30,32-33H,11-12,14-15H2;1H. The van der Waals surface area contributed by atoms with Gasteiger partial charge in [-0.05, 0) is 72.1 Å². The lowest BCUT2D eigenvalue weighted by Crippen LogP contribution is -2.42. The van der Waals surface area contributed by atoms with Crippen LogP contribution < -0.4 is 9.47 Å². The van der Waals surface area contributed by atoms with Gasteiger partial charge in [0.25, 0.3) is 0 Å². The highest BCUT2D eigenvalue weighted by atomic mass is 35.5. The Bertz CT molecular complexity index is 1370. The molecule has 1 aliphatic heterocycles. The summed E-state index contributed by atoms with van der Waals surface area (Å²) in [5.74, 6) is 0.904. The molecular weight excluding hydrogens is 503 g/mol. The number of nitrogens with zero attached hydrogens (tertiary/aromatic N) is 1. The number of aliphatic hydroxyl groups excluding tert-OH is 2. The van der Waals surface area contributed by atoms with E-state index in [1.54, 1.807) is 41.3 Å². The summed E-state index contributed by atoms with van der Waals surface area (Å²) in [4.78, 5) is 18.5. The Kier molecular flexibility index (Phi) is 7.07. The maximum atomic E-state index is 13.4. The first-order valence-electron chi connectivity index (χ1n) is 11.5. The van der Waals surface area contributed by atoms with Crippen molar-refractivity contribution >= 4 is 40.2 Å². The van der Waals surface area contributed by atoms with Gasteiger partial charge in [0.15, 0.2) is 0 Å². The molecule has 2 heterocycles. The van der Waals surface area contributed by atoms with Crippen LogP contribution in [0.2, 0.25) is 10.0 Å². The number of rotatable bonds is 6. The van der Waals surface area contributed by atoms with Crippen molar-refractivity contribution < 1.29 is 25.9 Å². The number of ether oxygens (including phenoxy) is 2. The van der Waals surface area contributed by atoms with E-state index in [0.717, 1.165) is 27.7 Å². The van der Waals surface area contributed by atoms with Crippen LogP contribution in [0.15, 0.2) is 66.7 Å². The summed E-state index contributed by atoms with van der Waals surface area (Å²) in [7, 11) is 0. The number of halogens is 2. The Morgan fingerprint density at radius 1 is 1.00 bits per heavy atom. The van der Waals surface area contributed by atoms with E-state index in [1.165, 1.54) is 0 Å². The van der Waals surface area contributed by atoms with Crippen molar-refractivity contribution in [3.8, 4) is 11.5 Å². The van der Waals surface area contributed by atoms with Gasteiger partial charge in [-0.2, -0.15) is 0 Å². The third kappa shape index (κ3) is 4.88. The summed E-state index contributed by atoms with van der Waals surface area (Å²) < 4.78 is 11.3. The monoisotopic (exact) mass is 528 g/mol. The molecule has 5 rings (SSSR count). The topological polar surface area (TPSA) is 95.0 Å². The lowest BCUT2D eigenvalue weighted by Gasteiger charge is -2.35. The van der Waals surface area contributed by atoms with Crippen LogP contribution in [0, 0.1) is 0 Å². The van der Waals surface area contributed by atoms with Crippen LogP contribution in [0.3, 0.4) is 0 Å². The fraction of sp³-hybridized carbons (Fsp3) is 0.222. The highest BCUT2D eigenvalue weighted by Gasteiger charge is 2.35. The second-order valence-electron chi connectivity index (χ2n) is 8.55. The minimum atomic E-state index is -0.707. The van der Waals surface area contributed by atoms with Gasteiger partial charge in [-0.3, -0.25) is 4.90 Å². The molecule has 4 aromatic rings. The second-order valence-corrected chi connectivity index (χ2v) is 9.42. The van der Waals surface area contributed by atoms with Gasteiger partial charge in [-0.15, -0.1) is 0 Å². The summed E-state index contributed by atoms with van der Waals surface area (Å²) in [6, 6.07) is 19.1. The van der Waals surface area contributed by atoms with E-state index < -0.39 is 18.2 Å². The quantitative estimate of drug-likeness (QED) is 0.302. The Balaban J connectivity index is 0.00000320. The summed E-state index contributed by atoms with van der Waals surface area (Å²) in [6.07, 6.45) is -0.551. The van der Waals surface area contributed by atoms with Crippen molar-refractivity contribution in [3.63, 3.8) is 0 Å². The van der Waals surface area contributed by atoms with E-state index in [0.29, 0.717) is 34.5 Å². The van der Waals surface area contributed by atoms with Gasteiger partial charge in [-0.25, -0.2) is 4.79 Å². The van der Waals surface area contributed by atoms with Crippen molar-refractivity contribution in [2.75, 3.05) is 19.8 Å². The fourth-order valence-electron chi connectivity index (χ4n) is 4.52. The van der Waals surface area contributed by atoms with Crippen LogP contribution in [0.1, 0.15) is 24.3 Å². The Morgan fingerprint density at radius 2 is 1.67 bits per heavy atom. The molecule has 1 aliphatic rings. The van der Waals surface area contributed by atoms with Gasteiger partial charge in [0, 0.05) is 34.6 Å². The third-order valence-electron chi connectivity index (χ3n) is 6.25. The van der Waals surface area contributed by atoms with Crippen LogP contribution >= 0.6 is 23.2 Å². The van der Waals surface area contributed by atoms with Gasteiger partial charge in [0.2, 0.25) is 0 Å². The van der Waals surface area contributed by atoms with Gasteiger partial charge in [-0.1, -0.05) is 35.3 Å². The van der Waals surface area contributed by atoms with E-state index in [-0.39, 0.29) is 14.6 Å². The number of aliphatic hydroxyl groups is 2. The number of carbonyl (C=O) groups excluding carboxylic acids is 1. The number of aromatic amines is 1. The van der Waals surface area contributed by atoms with E-state index in [1.807, 2.05) is 30.3 Å². The van der Waals surface area contributed by atoms with E-state index >= 15 is 0 Å². The zero-order valence-corrected chi connectivity index (χ0v) is 20.7. The maximum Gasteiger partial charge on any atom is 0.416 e. The smallest absolute Gasteiger partial charge is 0.416 e. The Hall–Kier alpha value is -3.23. The summed E-state index contributed by atoms with van der Waals surface area (Å²) in [5, 5.41) is 20.9. The van der Waals surface area contributed by atoms with Crippen molar-refractivity contribution in [1.82, 2.24) is 9.88 Å². The fourth-order valence-corrected chi connectivity index (χ4v) is 4.82. The first-order valence-corrected chi connectivity index (χ1v) is 12.2. The SMILES string of the molecule is O=C(Oc1ccc(Cl)cc1)N1CCc2c([nH]c3ccc(Cl)cc23)C1c1ccc(OC(CO)CO)cc1.[HH]. The highest BCUT2D eigenvalue weighted by molar-refractivity contribution is 6.31. The minimum absolute atomic E-state index is 0. The third-order valence-corrected chi connectivity index (χ3v) is 6.74. The normalized spacial score (nSPS) is 15.2. The lowest BCUT2D eigenvalue weighted by atomic mass is 9.92. The summed E-state index contributed by atoms with van der Waals surface area (Å²) >= 11 is 12.2. The lowest BCUT2D eigenvalue weighted by molar-refractivity contribution is 0.0629. The first-order chi connectivity index (χ1) is 17.5. The van der Waals surface area contributed by atoms with Gasteiger partial charge in [0.05, 0.1) is 13.2 Å². The molecule has 9 heteroatoms. The number of amides is 1. The molecule has 3 N–H and O–H groups in total. The van der Waals surface area contributed by atoms with Crippen molar-refractivity contribution in [2.24, 2.45) is 0 Å². The van der Waals surface area contributed by atoms with Crippen molar-refractivity contribution in [1.29, 1.82) is 0 Å². The van der Waals surface area contributed by atoms with E-state index in [2.05, 4.69) is 4.98 Å². The number of benzene rings is 3. The largest absolute Gasteiger partial charge is 0.486 e. The van der Waals surface area contributed by atoms with Crippen molar-refractivity contribution in [2.45, 2.75) is 18.6 Å². The highest BCUT2D eigenvalue weighted by Crippen LogP contribution is 2.40. The molecule has 36 heavy (non-hydrogen) atoms. The molecule has 1 amide bonds. The molecule has 0 bridgehead atoms. The van der Waals surface area contributed by atoms with Crippen LogP contribution in [-0.4, -0.2) is 52.1 Å². The number of fused-ring (bicyclic) bond motifs is 3. The van der Waals surface area contributed by atoms with E-state index in [4.69, 9.17) is 32.7 Å². The minimum Gasteiger partial charge on any atom is -0.486 e. The predicted molar refractivity (Wildman–Crippen MR) is 140 cm³/mol. The zero-order chi connectivity index (χ0) is 25.2. The summed E-state index contributed by atoms with van der Waals surface area (Å²) in [5.41, 5.74) is 3.78. The zero-order valence-electron chi connectivity index (χ0n) is 19.2. The van der Waals surface area contributed by atoms with Crippen LogP contribution in [0.4, 0.5) is 4.79 Å². The number of nitrogens with one attached hydrogen (secondary N) is 1. The molecule has 0 saturated heterocycles. The van der Waals surface area contributed by atoms with Crippen LogP contribution in [0.5, 0.6) is 11.5 Å². The van der Waals surface area contributed by atoms with Crippen molar-refractivity contribution in [3.05, 3.63) is 93.6 Å². The van der Waals surface area contributed by atoms with Crippen LogP contribution in [-0.2, 0) is 6.42 Å². The number of hydrogen-bond donors (Lipinski definition) is 3. The molecule has 0 spiro atoms. The number of hydrogen-bond acceptors (Lipinski definition) is 5. The molecule has 0 aliphatic carbocycles. The molecule has 0 saturated carbocycles. The first kappa shape index (κ1) is 24.5. The van der Waals surface area contributed by atoms with Gasteiger partial charge in [0.1, 0.15) is 23.6 Å².